The van der Waals surface area contributed by atoms with E-state index in [2.05, 4.69) is 15.8 Å². The van der Waals surface area contributed by atoms with Gasteiger partial charge in [-0.15, -0.1) is 0 Å². The number of carbonyl (C=O) groups is 3. The summed E-state index contributed by atoms with van der Waals surface area (Å²) >= 11 is 0. The summed E-state index contributed by atoms with van der Waals surface area (Å²) < 4.78 is 21.1. The van der Waals surface area contributed by atoms with Gasteiger partial charge in [-0.2, -0.15) is 5.10 Å². The molecule has 41 heavy (non-hydrogen) atoms. The van der Waals surface area contributed by atoms with Crippen LogP contribution in [-0.4, -0.2) is 30.8 Å². The third kappa shape index (κ3) is 7.36. The molecule has 0 aliphatic carbocycles. The first-order valence-electron chi connectivity index (χ1n) is 12.4. The Hall–Kier alpha value is -5.90. The Morgan fingerprint density at radius 1 is 0.854 bits per heavy atom. The smallest absolute Gasteiger partial charge is 0.336 e. The number of hydrazone groups is 1. The normalized spacial score (nSPS) is 12.4. The molecule has 10 heteroatoms. The average molecular weight is 550 g/mol. The molecular formula is C31H23N3O7. The number of nitrogens with zero attached hydrogens (tertiary/aromatic N) is 1. The van der Waals surface area contributed by atoms with Crippen molar-refractivity contribution < 1.29 is 33.0 Å². The third-order valence-electron chi connectivity index (χ3n) is 5.64. The molecule has 2 heterocycles. The molecule has 0 atom stereocenters. The molecule has 1 aromatic heterocycles. The largest absolute Gasteiger partial charge is 0.465 e. The quantitative estimate of drug-likeness (QED) is 0.103. The summed E-state index contributed by atoms with van der Waals surface area (Å²) in [5, 5.41) is 6.65. The number of hydrogen-bond donors (Lipinski definition) is 2. The van der Waals surface area contributed by atoms with E-state index in [0.717, 1.165) is 0 Å². The summed E-state index contributed by atoms with van der Waals surface area (Å²) in [6, 6.07) is 23.6. The van der Waals surface area contributed by atoms with Gasteiger partial charge in [0.25, 0.3) is 11.8 Å². The Labute approximate surface area is 234 Å². The van der Waals surface area contributed by atoms with Crippen LogP contribution >= 0.6 is 0 Å². The first-order chi connectivity index (χ1) is 20.0. The average Bonchev–Trinajstić information content (AvgIpc) is 3.69. The predicted octanol–water partition coefficient (Wildman–Crippen LogP) is 4.55. The number of furan rings is 1. The number of amides is 2. The van der Waals surface area contributed by atoms with E-state index < -0.39 is 17.8 Å². The van der Waals surface area contributed by atoms with E-state index in [-0.39, 0.29) is 12.5 Å². The second-order valence-corrected chi connectivity index (χ2v) is 8.53. The van der Waals surface area contributed by atoms with E-state index in [9.17, 15) is 14.4 Å². The molecular weight excluding hydrogens is 526 g/mol. The highest BCUT2D eigenvalue weighted by Crippen LogP contribution is 2.33. The molecule has 204 valence electrons. The van der Waals surface area contributed by atoms with Crippen molar-refractivity contribution in [2.45, 2.75) is 0 Å². The lowest BCUT2D eigenvalue weighted by atomic mass is 10.1. The zero-order valence-corrected chi connectivity index (χ0v) is 21.5. The number of ether oxygens (including phenoxy) is 3. The molecule has 0 bridgehead atoms. The number of fused-ring (bicyclic) bond motifs is 1. The summed E-state index contributed by atoms with van der Waals surface area (Å²) in [5.41, 5.74) is 4.03. The molecule has 0 saturated carbocycles. The minimum absolute atomic E-state index is 0.0280. The van der Waals surface area contributed by atoms with Gasteiger partial charge in [0.15, 0.2) is 11.5 Å². The van der Waals surface area contributed by atoms with Crippen molar-refractivity contribution in [1.29, 1.82) is 0 Å². The first-order valence-corrected chi connectivity index (χ1v) is 12.4. The zero-order valence-electron chi connectivity index (χ0n) is 21.5. The van der Waals surface area contributed by atoms with Crippen molar-refractivity contribution >= 4 is 36.2 Å². The molecule has 2 N–H and O–H groups in total. The van der Waals surface area contributed by atoms with Crippen LogP contribution in [-0.2, 0) is 9.59 Å². The monoisotopic (exact) mass is 549 g/mol. The second-order valence-electron chi connectivity index (χ2n) is 8.53. The fourth-order valence-corrected chi connectivity index (χ4v) is 3.65. The van der Waals surface area contributed by atoms with Crippen LogP contribution in [0.3, 0.4) is 0 Å². The standard InChI is InChI=1S/C31H23N3O7/c35-29(15-13-24-7-4-16-38-24)41-25-11-8-21(9-12-25)19-32-34-31(37)26(33-30(36)23-5-2-1-3-6-23)17-22-10-14-27-28(18-22)40-20-39-27/h1-19H,20H2,(H,33,36)(H,34,37)/b15-13+,26-17-,32-19+. The maximum Gasteiger partial charge on any atom is 0.336 e. The van der Waals surface area contributed by atoms with Crippen LogP contribution < -0.4 is 25.0 Å². The van der Waals surface area contributed by atoms with E-state index in [1.165, 1.54) is 30.7 Å². The molecule has 0 unspecified atom stereocenters. The van der Waals surface area contributed by atoms with Crippen LogP contribution in [0.5, 0.6) is 17.2 Å². The van der Waals surface area contributed by atoms with Gasteiger partial charge in [0.2, 0.25) is 6.79 Å². The molecule has 10 nitrogen and oxygen atoms in total. The minimum atomic E-state index is -0.642. The number of nitrogens with one attached hydrogen (secondary N) is 2. The molecule has 5 rings (SSSR count). The van der Waals surface area contributed by atoms with Gasteiger partial charge in [-0.05, 0) is 83.9 Å². The fourth-order valence-electron chi connectivity index (χ4n) is 3.65. The Kier molecular flexibility index (Phi) is 8.31. The van der Waals surface area contributed by atoms with Crippen LogP contribution in [0.1, 0.15) is 27.2 Å². The Morgan fingerprint density at radius 2 is 1.63 bits per heavy atom. The Balaban J connectivity index is 1.23. The minimum Gasteiger partial charge on any atom is -0.465 e. The van der Waals surface area contributed by atoms with Gasteiger partial charge in [0, 0.05) is 11.6 Å². The highest BCUT2D eigenvalue weighted by molar-refractivity contribution is 6.05. The Morgan fingerprint density at radius 3 is 2.41 bits per heavy atom. The zero-order chi connectivity index (χ0) is 28.4. The van der Waals surface area contributed by atoms with Gasteiger partial charge in [-0.3, -0.25) is 9.59 Å². The molecule has 4 aromatic rings. The van der Waals surface area contributed by atoms with Crippen molar-refractivity contribution in [1.82, 2.24) is 10.7 Å². The van der Waals surface area contributed by atoms with Gasteiger partial charge in [-0.25, -0.2) is 10.2 Å². The number of benzene rings is 3. The van der Waals surface area contributed by atoms with E-state index >= 15 is 0 Å². The van der Waals surface area contributed by atoms with Crippen molar-refractivity contribution in [3.05, 3.63) is 125 Å². The van der Waals surface area contributed by atoms with E-state index in [1.54, 1.807) is 84.9 Å². The molecule has 0 fully saturated rings. The van der Waals surface area contributed by atoms with Crippen LogP contribution in [0.2, 0.25) is 0 Å². The molecule has 0 radical (unpaired) electrons. The summed E-state index contributed by atoms with van der Waals surface area (Å²) in [6.45, 7) is 0.113. The molecule has 0 spiro atoms. The van der Waals surface area contributed by atoms with Gasteiger partial charge in [0.1, 0.15) is 17.2 Å². The number of rotatable bonds is 9. The van der Waals surface area contributed by atoms with Crippen LogP contribution in [0, 0.1) is 0 Å². The maximum absolute atomic E-state index is 13.0. The highest BCUT2D eigenvalue weighted by atomic mass is 16.7. The summed E-state index contributed by atoms with van der Waals surface area (Å²) in [7, 11) is 0. The van der Waals surface area contributed by atoms with E-state index in [4.69, 9.17) is 18.6 Å². The second kappa shape index (κ2) is 12.8. The third-order valence-corrected chi connectivity index (χ3v) is 5.64. The lowest BCUT2D eigenvalue weighted by Crippen LogP contribution is -2.32. The lowest BCUT2D eigenvalue weighted by Gasteiger charge is -2.09. The topological polar surface area (TPSA) is 128 Å². The van der Waals surface area contributed by atoms with Crippen molar-refractivity contribution in [3.63, 3.8) is 0 Å². The molecule has 3 aromatic carbocycles. The lowest BCUT2D eigenvalue weighted by molar-refractivity contribution is -0.129. The van der Waals surface area contributed by atoms with Gasteiger partial charge in [0.05, 0.1) is 12.5 Å². The Bertz CT molecular complexity index is 1620. The van der Waals surface area contributed by atoms with Crippen molar-refractivity contribution in [3.8, 4) is 17.2 Å². The van der Waals surface area contributed by atoms with Crippen LogP contribution in [0.4, 0.5) is 0 Å². The van der Waals surface area contributed by atoms with Gasteiger partial charge < -0.3 is 23.9 Å². The van der Waals surface area contributed by atoms with Crippen LogP contribution in [0.25, 0.3) is 12.2 Å². The number of carbonyl (C=O) groups excluding carboxylic acids is 3. The predicted molar refractivity (Wildman–Crippen MR) is 150 cm³/mol. The van der Waals surface area contributed by atoms with E-state index in [1.807, 2.05) is 0 Å². The van der Waals surface area contributed by atoms with Gasteiger partial charge >= 0.3 is 5.97 Å². The number of esters is 1. The molecule has 1 aliphatic rings. The fraction of sp³-hybridized carbons (Fsp3) is 0.0323. The summed E-state index contributed by atoms with van der Waals surface area (Å²) in [6.07, 6.45) is 7.19. The SMILES string of the molecule is O=C(/C=C/c1ccco1)Oc1ccc(/C=N/NC(=O)/C(=C/c2ccc3c(c2)OCO3)NC(=O)c2ccccc2)cc1. The summed E-state index contributed by atoms with van der Waals surface area (Å²) in [5.74, 6) is 0.333. The molecule has 2 amide bonds. The highest BCUT2D eigenvalue weighted by Gasteiger charge is 2.17. The van der Waals surface area contributed by atoms with Crippen LogP contribution in [0.15, 0.2) is 112 Å². The maximum atomic E-state index is 13.0. The number of hydrogen-bond acceptors (Lipinski definition) is 8. The molecule has 1 aliphatic heterocycles. The first kappa shape index (κ1) is 26.7. The summed E-state index contributed by atoms with van der Waals surface area (Å²) in [4.78, 5) is 37.8. The van der Waals surface area contributed by atoms with E-state index in [0.29, 0.717) is 39.7 Å². The van der Waals surface area contributed by atoms with Crippen molar-refractivity contribution in [2.75, 3.05) is 6.79 Å². The van der Waals surface area contributed by atoms with Gasteiger partial charge in [-0.1, -0.05) is 24.3 Å². The van der Waals surface area contributed by atoms with Crippen molar-refractivity contribution in [2.24, 2.45) is 5.10 Å². The molecule has 0 saturated heterocycles.